The molecule has 0 aromatic carbocycles. The van der Waals surface area contributed by atoms with Gasteiger partial charge in [-0.1, -0.05) is 58.3 Å². The van der Waals surface area contributed by atoms with Gasteiger partial charge in [0.25, 0.3) is 0 Å². The minimum Gasteiger partial charge on any atom is -0.481 e. The summed E-state index contributed by atoms with van der Waals surface area (Å²) >= 11 is 0. The molecule has 0 unspecified atom stereocenters. The minimum atomic E-state index is -0.891. The fourth-order valence-corrected chi connectivity index (χ4v) is 2.91. The van der Waals surface area contributed by atoms with E-state index in [1.54, 1.807) is 0 Å². The molecular formula is C19H40N3O3+. The fourth-order valence-electron chi connectivity index (χ4n) is 2.91. The lowest BCUT2D eigenvalue weighted by Gasteiger charge is -2.29. The van der Waals surface area contributed by atoms with E-state index in [9.17, 15) is 9.59 Å². The van der Waals surface area contributed by atoms with Gasteiger partial charge in [-0.05, 0) is 6.42 Å². The highest BCUT2D eigenvalue weighted by Crippen LogP contribution is 2.09. The molecule has 0 aliphatic carbocycles. The molecule has 0 heterocycles. The summed E-state index contributed by atoms with van der Waals surface area (Å²) in [5.41, 5.74) is 0. The van der Waals surface area contributed by atoms with Crippen LogP contribution in [0.4, 0.5) is 4.79 Å². The molecule has 2 amide bonds. The van der Waals surface area contributed by atoms with Crippen molar-refractivity contribution in [1.82, 2.24) is 10.6 Å². The molecule has 0 aliphatic rings. The van der Waals surface area contributed by atoms with Crippen LogP contribution in [0.3, 0.4) is 0 Å². The summed E-state index contributed by atoms with van der Waals surface area (Å²) in [6.07, 6.45) is 11.2. The normalized spacial score (nSPS) is 12.6. The Morgan fingerprint density at radius 1 is 0.920 bits per heavy atom. The maximum atomic E-state index is 11.9. The van der Waals surface area contributed by atoms with E-state index in [4.69, 9.17) is 5.11 Å². The van der Waals surface area contributed by atoms with Gasteiger partial charge in [0.1, 0.15) is 0 Å². The summed E-state index contributed by atoms with van der Waals surface area (Å²) in [5, 5.41) is 14.6. The van der Waals surface area contributed by atoms with Crippen LogP contribution < -0.4 is 10.6 Å². The van der Waals surface area contributed by atoms with E-state index in [-0.39, 0.29) is 18.5 Å². The van der Waals surface area contributed by atoms with Crippen molar-refractivity contribution in [3.63, 3.8) is 0 Å². The largest absolute Gasteiger partial charge is 0.481 e. The summed E-state index contributed by atoms with van der Waals surface area (Å²) in [4.78, 5) is 22.9. The number of carboxylic acid groups (broad SMARTS) is 1. The predicted octanol–water partition coefficient (Wildman–Crippen LogP) is 3.37. The molecule has 0 saturated carbocycles. The van der Waals surface area contributed by atoms with Gasteiger partial charge >= 0.3 is 12.0 Å². The first kappa shape index (κ1) is 23.7. The second kappa shape index (κ2) is 13.9. The van der Waals surface area contributed by atoms with Crippen LogP contribution in [0.2, 0.25) is 0 Å². The summed E-state index contributed by atoms with van der Waals surface area (Å²) in [7, 11) is 5.95. The van der Waals surface area contributed by atoms with Gasteiger partial charge in [0.05, 0.1) is 40.2 Å². The zero-order valence-corrected chi connectivity index (χ0v) is 16.8. The van der Waals surface area contributed by atoms with Gasteiger partial charge in [-0.2, -0.15) is 0 Å². The zero-order chi connectivity index (χ0) is 19.1. The predicted molar refractivity (Wildman–Crippen MR) is 103 cm³/mol. The molecule has 0 saturated heterocycles. The molecule has 6 nitrogen and oxygen atoms in total. The van der Waals surface area contributed by atoms with Crippen molar-refractivity contribution in [3.8, 4) is 0 Å². The maximum absolute atomic E-state index is 11.9. The Labute approximate surface area is 153 Å². The Morgan fingerprint density at radius 3 is 1.92 bits per heavy atom. The molecule has 0 radical (unpaired) electrons. The third-order valence-corrected chi connectivity index (χ3v) is 4.09. The Bertz CT molecular complexity index is 367. The maximum Gasteiger partial charge on any atom is 0.315 e. The van der Waals surface area contributed by atoms with Crippen LogP contribution in [-0.4, -0.2) is 61.9 Å². The van der Waals surface area contributed by atoms with Gasteiger partial charge in [0.15, 0.2) is 0 Å². The van der Waals surface area contributed by atoms with E-state index < -0.39 is 5.97 Å². The number of hydrogen-bond acceptors (Lipinski definition) is 2. The SMILES string of the molecule is CCCCCCCCCCCNC(=O)N[C@@H](CC(=O)O)C[N+](C)(C)C. The van der Waals surface area contributed by atoms with Crippen LogP contribution in [0.1, 0.15) is 71.1 Å². The molecule has 1 atom stereocenters. The second-order valence-corrected chi connectivity index (χ2v) is 8.00. The molecule has 0 bridgehead atoms. The van der Waals surface area contributed by atoms with E-state index in [1.165, 1.54) is 44.9 Å². The zero-order valence-electron chi connectivity index (χ0n) is 16.8. The van der Waals surface area contributed by atoms with E-state index in [0.717, 1.165) is 12.8 Å². The number of likely N-dealkylation sites (N-methyl/N-ethyl adjacent to an activating group) is 1. The van der Waals surface area contributed by atoms with Crippen LogP contribution in [0.15, 0.2) is 0 Å². The van der Waals surface area contributed by atoms with Gasteiger partial charge in [-0.15, -0.1) is 0 Å². The molecule has 25 heavy (non-hydrogen) atoms. The standard InChI is InChI=1S/C19H39N3O3/c1-5-6-7-8-9-10-11-12-13-14-20-19(25)21-17(15-18(23)24)16-22(2,3)4/h17H,5-16H2,1-4H3,(H2-,20,21,23,24,25)/p+1/t17-/m0/s1. The quantitative estimate of drug-likeness (QED) is 0.310. The summed E-state index contributed by atoms with van der Waals surface area (Å²) in [6, 6.07) is -0.625. The van der Waals surface area contributed by atoms with E-state index in [2.05, 4.69) is 17.6 Å². The number of carbonyl (C=O) groups excluding carboxylic acids is 1. The van der Waals surface area contributed by atoms with E-state index >= 15 is 0 Å². The number of unbranched alkanes of at least 4 members (excludes halogenated alkanes) is 8. The van der Waals surface area contributed by atoms with Crippen molar-refractivity contribution in [2.75, 3.05) is 34.2 Å². The number of hydrogen-bond donors (Lipinski definition) is 3. The molecule has 148 valence electrons. The van der Waals surface area contributed by atoms with Gasteiger partial charge < -0.3 is 20.2 Å². The van der Waals surface area contributed by atoms with Crippen molar-refractivity contribution >= 4 is 12.0 Å². The first-order valence-electron chi connectivity index (χ1n) is 9.81. The smallest absolute Gasteiger partial charge is 0.315 e. The number of carbonyl (C=O) groups is 2. The highest BCUT2D eigenvalue weighted by molar-refractivity contribution is 5.75. The lowest BCUT2D eigenvalue weighted by Crippen LogP contribution is -2.52. The summed E-state index contributed by atoms with van der Waals surface area (Å²) in [6.45, 7) is 3.46. The monoisotopic (exact) mass is 358 g/mol. The average molecular weight is 359 g/mol. The molecule has 0 spiro atoms. The van der Waals surface area contributed by atoms with Gasteiger partial charge in [0, 0.05) is 6.54 Å². The number of urea groups is 1. The number of nitrogens with one attached hydrogen (secondary N) is 2. The molecule has 0 aromatic rings. The Morgan fingerprint density at radius 2 is 1.44 bits per heavy atom. The third kappa shape index (κ3) is 17.3. The van der Waals surface area contributed by atoms with Crippen LogP contribution >= 0.6 is 0 Å². The van der Waals surface area contributed by atoms with Gasteiger partial charge in [-0.25, -0.2) is 4.79 Å². The molecule has 6 heteroatoms. The minimum absolute atomic E-state index is 0.0546. The molecule has 0 fully saturated rings. The summed E-state index contributed by atoms with van der Waals surface area (Å²) < 4.78 is 0.608. The Balaban J connectivity index is 3.77. The van der Waals surface area contributed by atoms with Crippen molar-refractivity contribution < 1.29 is 19.2 Å². The fraction of sp³-hybridized carbons (Fsp3) is 0.895. The topological polar surface area (TPSA) is 78.4 Å². The highest BCUT2D eigenvalue weighted by atomic mass is 16.4. The number of quaternary nitrogens is 1. The Kier molecular flexibility index (Phi) is 13.2. The van der Waals surface area contributed by atoms with Crippen molar-refractivity contribution in [1.29, 1.82) is 0 Å². The number of rotatable bonds is 15. The second-order valence-electron chi connectivity index (χ2n) is 8.00. The van der Waals surface area contributed by atoms with Gasteiger partial charge in [-0.3, -0.25) is 4.79 Å². The number of aliphatic carboxylic acids is 1. The number of nitrogens with zero attached hydrogens (tertiary/aromatic N) is 1. The van der Waals surface area contributed by atoms with Crippen molar-refractivity contribution in [2.45, 2.75) is 77.2 Å². The van der Waals surface area contributed by atoms with Crippen LogP contribution in [0.5, 0.6) is 0 Å². The molecular weight excluding hydrogens is 318 g/mol. The molecule has 0 aliphatic heterocycles. The lowest BCUT2D eigenvalue weighted by atomic mass is 10.1. The average Bonchev–Trinajstić information content (AvgIpc) is 2.46. The molecule has 0 aromatic heterocycles. The van der Waals surface area contributed by atoms with Crippen LogP contribution in [0, 0.1) is 0 Å². The lowest BCUT2D eigenvalue weighted by molar-refractivity contribution is -0.871. The van der Waals surface area contributed by atoms with Crippen molar-refractivity contribution in [2.24, 2.45) is 0 Å². The first-order valence-corrected chi connectivity index (χ1v) is 9.81. The highest BCUT2D eigenvalue weighted by Gasteiger charge is 2.22. The van der Waals surface area contributed by atoms with Crippen LogP contribution in [-0.2, 0) is 4.79 Å². The van der Waals surface area contributed by atoms with Crippen LogP contribution in [0.25, 0.3) is 0 Å². The van der Waals surface area contributed by atoms with Crippen molar-refractivity contribution in [3.05, 3.63) is 0 Å². The summed E-state index contributed by atoms with van der Waals surface area (Å²) in [5.74, 6) is -0.891. The molecule has 3 N–H and O–H groups in total. The Hall–Kier alpha value is -1.30. The van der Waals surface area contributed by atoms with E-state index in [1.807, 2.05) is 21.1 Å². The van der Waals surface area contributed by atoms with Gasteiger partial charge in [0.2, 0.25) is 0 Å². The van der Waals surface area contributed by atoms with E-state index in [0.29, 0.717) is 17.6 Å². The number of amides is 2. The molecule has 0 rings (SSSR count). The third-order valence-electron chi connectivity index (χ3n) is 4.09. The number of carboxylic acids is 1. The first-order chi connectivity index (χ1) is 11.7.